The predicted octanol–water partition coefficient (Wildman–Crippen LogP) is 2.13. The van der Waals surface area contributed by atoms with Crippen molar-refractivity contribution >= 4 is 11.9 Å². The highest BCUT2D eigenvalue weighted by atomic mass is 16.5. The average Bonchev–Trinajstić information content (AvgIpc) is 2.57. The zero-order valence-electron chi connectivity index (χ0n) is 14.0. The molecule has 0 aliphatic rings. The van der Waals surface area contributed by atoms with Gasteiger partial charge in [0, 0.05) is 32.4 Å². The van der Waals surface area contributed by atoms with Crippen molar-refractivity contribution in [2.24, 2.45) is 0 Å². The van der Waals surface area contributed by atoms with Crippen LogP contribution in [0.25, 0.3) is 0 Å². The van der Waals surface area contributed by atoms with Crippen LogP contribution in [-0.4, -0.2) is 57.3 Å². The topological polar surface area (TPSA) is 65.1 Å². The van der Waals surface area contributed by atoms with Crippen molar-refractivity contribution in [2.75, 3.05) is 40.5 Å². The van der Waals surface area contributed by atoms with Crippen LogP contribution >= 0.6 is 0 Å². The standard InChI is InChI=1S/C17H25NO5/c1-4-23-16(19)9-11-18(10-6-12-21-2)17(20)14-7-5-8-15(13-14)22-3/h5,7-8,13H,4,6,9-12H2,1-3H3. The summed E-state index contributed by atoms with van der Waals surface area (Å²) in [5.41, 5.74) is 0.533. The first kappa shape index (κ1) is 19.0. The van der Waals surface area contributed by atoms with E-state index < -0.39 is 0 Å². The highest BCUT2D eigenvalue weighted by molar-refractivity contribution is 5.94. The molecule has 0 unspecified atom stereocenters. The second-order valence-corrected chi connectivity index (χ2v) is 4.93. The molecular formula is C17H25NO5. The van der Waals surface area contributed by atoms with E-state index in [1.54, 1.807) is 50.3 Å². The number of esters is 1. The van der Waals surface area contributed by atoms with Gasteiger partial charge in [-0.2, -0.15) is 0 Å². The minimum atomic E-state index is -0.303. The molecule has 0 spiro atoms. The van der Waals surface area contributed by atoms with E-state index in [4.69, 9.17) is 14.2 Å². The fraction of sp³-hybridized carbons (Fsp3) is 0.529. The van der Waals surface area contributed by atoms with Gasteiger partial charge in [0.1, 0.15) is 5.75 Å². The van der Waals surface area contributed by atoms with E-state index in [1.165, 1.54) is 0 Å². The van der Waals surface area contributed by atoms with E-state index in [9.17, 15) is 9.59 Å². The summed E-state index contributed by atoms with van der Waals surface area (Å²) in [7, 11) is 3.17. The summed E-state index contributed by atoms with van der Waals surface area (Å²) < 4.78 is 15.1. The van der Waals surface area contributed by atoms with Gasteiger partial charge in [-0.15, -0.1) is 0 Å². The number of amides is 1. The molecular weight excluding hydrogens is 298 g/mol. The van der Waals surface area contributed by atoms with Gasteiger partial charge in [-0.05, 0) is 31.5 Å². The number of hydrogen-bond acceptors (Lipinski definition) is 5. The molecule has 0 atom stereocenters. The van der Waals surface area contributed by atoms with Crippen LogP contribution in [-0.2, 0) is 14.3 Å². The SMILES string of the molecule is CCOC(=O)CCN(CCCOC)C(=O)c1cccc(OC)c1. The molecule has 0 radical (unpaired) electrons. The van der Waals surface area contributed by atoms with Crippen LogP contribution < -0.4 is 4.74 Å². The first-order valence-electron chi connectivity index (χ1n) is 7.70. The summed E-state index contributed by atoms with van der Waals surface area (Å²) in [6, 6.07) is 6.98. The molecule has 0 aromatic heterocycles. The lowest BCUT2D eigenvalue weighted by atomic mass is 10.1. The minimum Gasteiger partial charge on any atom is -0.497 e. The Morgan fingerprint density at radius 2 is 1.96 bits per heavy atom. The maximum absolute atomic E-state index is 12.7. The first-order chi connectivity index (χ1) is 11.1. The number of benzene rings is 1. The van der Waals surface area contributed by atoms with Gasteiger partial charge >= 0.3 is 5.97 Å². The summed E-state index contributed by atoms with van der Waals surface area (Å²) in [5.74, 6) is 0.185. The molecule has 0 saturated carbocycles. The quantitative estimate of drug-likeness (QED) is 0.487. The van der Waals surface area contributed by atoms with Crippen LogP contribution in [0.2, 0.25) is 0 Å². The Kier molecular flexibility index (Phi) is 8.75. The normalized spacial score (nSPS) is 10.2. The summed E-state index contributed by atoms with van der Waals surface area (Å²) >= 11 is 0. The molecule has 1 aromatic carbocycles. The van der Waals surface area contributed by atoms with Crippen molar-refractivity contribution < 1.29 is 23.8 Å². The number of nitrogens with zero attached hydrogens (tertiary/aromatic N) is 1. The molecule has 0 fully saturated rings. The van der Waals surface area contributed by atoms with Crippen molar-refractivity contribution in [1.29, 1.82) is 0 Å². The largest absolute Gasteiger partial charge is 0.497 e. The van der Waals surface area contributed by atoms with Gasteiger partial charge in [0.25, 0.3) is 5.91 Å². The summed E-state index contributed by atoms with van der Waals surface area (Å²) in [6.45, 7) is 3.49. The van der Waals surface area contributed by atoms with Crippen LogP contribution in [0.3, 0.4) is 0 Å². The molecule has 0 heterocycles. The highest BCUT2D eigenvalue weighted by Crippen LogP contribution is 2.15. The van der Waals surface area contributed by atoms with Crippen molar-refractivity contribution in [3.63, 3.8) is 0 Å². The van der Waals surface area contributed by atoms with Crippen LogP contribution in [0.1, 0.15) is 30.1 Å². The van der Waals surface area contributed by atoms with E-state index in [2.05, 4.69) is 0 Å². The lowest BCUT2D eigenvalue weighted by Gasteiger charge is -2.22. The van der Waals surface area contributed by atoms with Crippen LogP contribution in [0.15, 0.2) is 24.3 Å². The maximum Gasteiger partial charge on any atom is 0.307 e. The lowest BCUT2D eigenvalue weighted by molar-refractivity contribution is -0.143. The molecule has 128 valence electrons. The molecule has 6 heteroatoms. The van der Waals surface area contributed by atoms with Gasteiger partial charge in [0.2, 0.25) is 0 Å². The number of hydrogen-bond donors (Lipinski definition) is 0. The molecule has 1 aromatic rings. The number of rotatable bonds is 10. The number of ether oxygens (including phenoxy) is 3. The fourth-order valence-corrected chi connectivity index (χ4v) is 2.11. The summed E-state index contributed by atoms with van der Waals surface area (Å²) in [6.07, 6.45) is 0.881. The molecule has 0 aliphatic carbocycles. The van der Waals surface area contributed by atoms with Gasteiger partial charge in [-0.25, -0.2) is 0 Å². The van der Waals surface area contributed by atoms with E-state index >= 15 is 0 Å². The summed E-state index contributed by atoms with van der Waals surface area (Å²) in [4.78, 5) is 25.8. The third-order valence-corrected chi connectivity index (χ3v) is 3.27. The van der Waals surface area contributed by atoms with Gasteiger partial charge in [0.15, 0.2) is 0 Å². The Morgan fingerprint density at radius 1 is 1.17 bits per heavy atom. The number of carbonyl (C=O) groups excluding carboxylic acids is 2. The average molecular weight is 323 g/mol. The van der Waals surface area contributed by atoms with Crippen LogP contribution in [0.5, 0.6) is 5.75 Å². The van der Waals surface area contributed by atoms with Crippen molar-refractivity contribution in [2.45, 2.75) is 19.8 Å². The van der Waals surface area contributed by atoms with Gasteiger partial charge in [-0.3, -0.25) is 9.59 Å². The van der Waals surface area contributed by atoms with E-state index in [1.807, 2.05) is 0 Å². The molecule has 23 heavy (non-hydrogen) atoms. The molecule has 0 N–H and O–H groups in total. The Hall–Kier alpha value is -2.08. The van der Waals surface area contributed by atoms with Gasteiger partial charge < -0.3 is 19.1 Å². The molecule has 1 rings (SSSR count). The van der Waals surface area contributed by atoms with E-state index in [0.717, 1.165) is 0 Å². The Bertz CT molecular complexity index is 504. The van der Waals surface area contributed by atoms with Gasteiger partial charge in [0.05, 0.1) is 20.1 Å². The number of carbonyl (C=O) groups is 2. The second-order valence-electron chi connectivity index (χ2n) is 4.93. The van der Waals surface area contributed by atoms with Crippen LogP contribution in [0, 0.1) is 0 Å². The monoisotopic (exact) mass is 323 g/mol. The highest BCUT2D eigenvalue weighted by Gasteiger charge is 2.17. The van der Waals surface area contributed by atoms with Crippen molar-refractivity contribution in [1.82, 2.24) is 4.90 Å². The molecule has 1 amide bonds. The molecule has 0 aliphatic heterocycles. The van der Waals surface area contributed by atoms with Crippen molar-refractivity contribution in [3.05, 3.63) is 29.8 Å². The molecule has 6 nitrogen and oxygen atoms in total. The zero-order chi connectivity index (χ0) is 17.1. The Balaban J connectivity index is 2.75. The second kappa shape index (κ2) is 10.6. The smallest absolute Gasteiger partial charge is 0.307 e. The predicted molar refractivity (Wildman–Crippen MR) is 86.6 cm³/mol. The molecule has 0 saturated heterocycles. The number of methoxy groups -OCH3 is 2. The maximum atomic E-state index is 12.7. The third-order valence-electron chi connectivity index (χ3n) is 3.27. The Labute approximate surface area is 137 Å². The third kappa shape index (κ3) is 6.69. The zero-order valence-corrected chi connectivity index (χ0v) is 14.0. The minimum absolute atomic E-state index is 0.135. The summed E-state index contributed by atoms with van der Waals surface area (Å²) in [5, 5.41) is 0. The van der Waals surface area contributed by atoms with Crippen molar-refractivity contribution in [3.8, 4) is 5.75 Å². The first-order valence-corrected chi connectivity index (χ1v) is 7.70. The van der Waals surface area contributed by atoms with E-state index in [0.29, 0.717) is 44.0 Å². The van der Waals surface area contributed by atoms with Crippen LogP contribution in [0.4, 0.5) is 0 Å². The Morgan fingerprint density at radius 3 is 2.61 bits per heavy atom. The fourth-order valence-electron chi connectivity index (χ4n) is 2.11. The lowest BCUT2D eigenvalue weighted by Crippen LogP contribution is -2.34. The molecule has 0 bridgehead atoms. The van der Waals surface area contributed by atoms with E-state index in [-0.39, 0.29) is 18.3 Å². The van der Waals surface area contributed by atoms with Gasteiger partial charge in [-0.1, -0.05) is 6.07 Å².